The van der Waals surface area contributed by atoms with Crippen molar-refractivity contribution >= 4 is 33.8 Å². The first-order valence-corrected chi connectivity index (χ1v) is 5.80. The van der Waals surface area contributed by atoms with E-state index in [1.165, 1.54) is 18.4 Å². The normalized spacial score (nSPS) is 10.3. The molecule has 1 N–H and O–H groups in total. The minimum atomic E-state index is -0.248. The lowest BCUT2D eigenvalue weighted by Gasteiger charge is -1.98. The number of Topliss-reactive ketones (excluding diaryl/α,β-unsaturated/α-hetero) is 1. The average Bonchev–Trinajstić information content (AvgIpc) is 2.72. The molecule has 0 atom stereocenters. The van der Waals surface area contributed by atoms with Crippen molar-refractivity contribution in [3.63, 3.8) is 0 Å². The fraction of sp³-hybridized carbons (Fsp3) is 0.167. The molecule has 1 aromatic carbocycles. The zero-order valence-electron chi connectivity index (χ0n) is 8.82. The number of amides is 1. The second-order valence-corrected chi connectivity index (χ2v) is 4.30. The number of carbonyl (C=O) groups excluding carboxylic acids is 2. The van der Waals surface area contributed by atoms with Crippen molar-refractivity contribution in [1.29, 1.82) is 0 Å². The van der Waals surface area contributed by atoms with E-state index in [2.05, 4.69) is 5.32 Å². The zero-order chi connectivity index (χ0) is 11.5. The number of carbonyl (C=O) groups is 2. The zero-order valence-corrected chi connectivity index (χ0v) is 9.64. The second-order valence-electron chi connectivity index (χ2n) is 3.43. The highest BCUT2D eigenvalue weighted by Gasteiger charge is 2.15. The summed E-state index contributed by atoms with van der Waals surface area (Å²) >= 11 is 1.39. The first-order chi connectivity index (χ1) is 7.72. The molecule has 4 heteroatoms. The SMILES string of the molecule is CNC(=O)CC(=O)c1scc2ccccc12. The van der Waals surface area contributed by atoms with Crippen LogP contribution in [0.2, 0.25) is 0 Å². The molecule has 0 saturated heterocycles. The summed E-state index contributed by atoms with van der Waals surface area (Å²) in [4.78, 5) is 23.6. The molecule has 0 aliphatic carbocycles. The van der Waals surface area contributed by atoms with Gasteiger partial charge in [-0.3, -0.25) is 9.59 Å². The van der Waals surface area contributed by atoms with E-state index in [-0.39, 0.29) is 18.1 Å². The summed E-state index contributed by atoms with van der Waals surface area (Å²) in [7, 11) is 1.53. The van der Waals surface area contributed by atoms with Crippen molar-refractivity contribution in [2.75, 3.05) is 7.05 Å². The molecule has 0 aliphatic rings. The van der Waals surface area contributed by atoms with E-state index in [0.29, 0.717) is 4.88 Å². The fourth-order valence-corrected chi connectivity index (χ4v) is 2.49. The van der Waals surface area contributed by atoms with E-state index in [4.69, 9.17) is 0 Å². The lowest BCUT2D eigenvalue weighted by Crippen LogP contribution is -2.20. The van der Waals surface area contributed by atoms with Crippen LogP contribution < -0.4 is 5.32 Å². The van der Waals surface area contributed by atoms with E-state index in [0.717, 1.165) is 10.8 Å². The molecule has 3 nitrogen and oxygen atoms in total. The van der Waals surface area contributed by atoms with Crippen LogP contribution in [-0.4, -0.2) is 18.7 Å². The van der Waals surface area contributed by atoms with E-state index >= 15 is 0 Å². The van der Waals surface area contributed by atoms with Gasteiger partial charge in [0.25, 0.3) is 0 Å². The van der Waals surface area contributed by atoms with Crippen LogP contribution in [0.15, 0.2) is 29.6 Å². The first kappa shape index (κ1) is 10.8. The third-order valence-electron chi connectivity index (χ3n) is 2.36. The molecule has 82 valence electrons. The highest BCUT2D eigenvalue weighted by Crippen LogP contribution is 2.26. The molecule has 0 fully saturated rings. The van der Waals surface area contributed by atoms with Crippen molar-refractivity contribution in [3.8, 4) is 0 Å². The van der Waals surface area contributed by atoms with Gasteiger partial charge in [0.05, 0.1) is 11.3 Å². The molecule has 2 rings (SSSR count). The van der Waals surface area contributed by atoms with E-state index < -0.39 is 0 Å². The van der Waals surface area contributed by atoms with Gasteiger partial charge in [0.2, 0.25) is 5.91 Å². The summed E-state index contributed by atoms with van der Waals surface area (Å²) in [6.45, 7) is 0. The summed E-state index contributed by atoms with van der Waals surface area (Å²) < 4.78 is 0. The summed E-state index contributed by atoms with van der Waals surface area (Å²) in [6, 6.07) is 7.69. The topological polar surface area (TPSA) is 46.2 Å². The molecule has 0 aliphatic heterocycles. The van der Waals surface area contributed by atoms with Crippen LogP contribution in [0.25, 0.3) is 10.8 Å². The van der Waals surface area contributed by atoms with Gasteiger partial charge in [0.1, 0.15) is 0 Å². The lowest BCUT2D eigenvalue weighted by atomic mass is 10.1. The predicted octanol–water partition coefficient (Wildman–Crippen LogP) is 2.22. The van der Waals surface area contributed by atoms with Gasteiger partial charge in [-0.25, -0.2) is 0 Å². The Bertz CT molecular complexity index is 545. The summed E-state index contributed by atoms with van der Waals surface area (Å²) in [5.41, 5.74) is 0. The molecule has 1 heterocycles. The highest BCUT2D eigenvalue weighted by atomic mass is 32.1. The first-order valence-electron chi connectivity index (χ1n) is 4.92. The number of hydrogen-bond acceptors (Lipinski definition) is 3. The number of thiophene rings is 1. The molecular weight excluding hydrogens is 222 g/mol. The molecule has 0 spiro atoms. The number of fused-ring (bicyclic) bond motifs is 1. The molecule has 1 amide bonds. The monoisotopic (exact) mass is 233 g/mol. The summed E-state index contributed by atoms with van der Waals surface area (Å²) in [5, 5.41) is 6.37. The van der Waals surface area contributed by atoms with E-state index in [1.54, 1.807) is 0 Å². The van der Waals surface area contributed by atoms with Gasteiger partial charge in [-0.1, -0.05) is 24.3 Å². The quantitative estimate of drug-likeness (QED) is 0.652. The Morgan fingerprint density at radius 2 is 2.06 bits per heavy atom. The third-order valence-corrected chi connectivity index (χ3v) is 3.42. The Balaban J connectivity index is 2.33. The fourth-order valence-electron chi connectivity index (χ4n) is 1.52. The Morgan fingerprint density at radius 1 is 1.31 bits per heavy atom. The number of hydrogen-bond donors (Lipinski definition) is 1. The van der Waals surface area contributed by atoms with Crippen LogP contribution in [0.1, 0.15) is 16.1 Å². The number of nitrogens with one attached hydrogen (secondary N) is 1. The van der Waals surface area contributed by atoms with Crippen LogP contribution in [0.3, 0.4) is 0 Å². The molecular formula is C12H11NO2S. The summed E-state index contributed by atoms with van der Waals surface area (Å²) in [6.07, 6.45) is -0.0823. The largest absolute Gasteiger partial charge is 0.359 e. The van der Waals surface area contributed by atoms with Gasteiger partial charge in [-0.15, -0.1) is 11.3 Å². The Labute approximate surface area is 97.1 Å². The van der Waals surface area contributed by atoms with Crippen LogP contribution in [0.5, 0.6) is 0 Å². The van der Waals surface area contributed by atoms with Gasteiger partial charge in [-0.05, 0) is 10.8 Å². The molecule has 16 heavy (non-hydrogen) atoms. The van der Waals surface area contributed by atoms with Crippen molar-refractivity contribution in [2.45, 2.75) is 6.42 Å². The molecule has 0 bridgehead atoms. The van der Waals surface area contributed by atoms with E-state index in [1.807, 2.05) is 29.6 Å². The Kier molecular flexibility index (Phi) is 3.01. The number of ketones is 1. The average molecular weight is 233 g/mol. The van der Waals surface area contributed by atoms with Gasteiger partial charge in [0, 0.05) is 12.4 Å². The Morgan fingerprint density at radius 3 is 2.81 bits per heavy atom. The Hall–Kier alpha value is -1.68. The minimum Gasteiger partial charge on any atom is -0.359 e. The van der Waals surface area contributed by atoms with Gasteiger partial charge in [-0.2, -0.15) is 0 Å². The van der Waals surface area contributed by atoms with Crippen molar-refractivity contribution in [2.24, 2.45) is 0 Å². The maximum Gasteiger partial charge on any atom is 0.227 e. The molecule has 0 saturated carbocycles. The predicted molar refractivity (Wildman–Crippen MR) is 64.8 cm³/mol. The van der Waals surface area contributed by atoms with Gasteiger partial charge < -0.3 is 5.32 Å². The smallest absolute Gasteiger partial charge is 0.227 e. The second kappa shape index (κ2) is 4.45. The van der Waals surface area contributed by atoms with Crippen LogP contribution in [0.4, 0.5) is 0 Å². The lowest BCUT2D eigenvalue weighted by molar-refractivity contribution is -0.119. The minimum absolute atomic E-state index is 0.0823. The molecule has 0 radical (unpaired) electrons. The molecule has 1 aromatic heterocycles. The maximum absolute atomic E-state index is 11.8. The van der Waals surface area contributed by atoms with Crippen LogP contribution in [-0.2, 0) is 4.79 Å². The van der Waals surface area contributed by atoms with Gasteiger partial charge in [0.15, 0.2) is 5.78 Å². The standard InChI is InChI=1S/C12H11NO2S/c1-13-11(15)6-10(14)12-9-5-3-2-4-8(9)7-16-12/h2-5,7H,6H2,1H3,(H,13,15). The third kappa shape index (κ3) is 1.97. The van der Waals surface area contributed by atoms with Crippen molar-refractivity contribution < 1.29 is 9.59 Å². The maximum atomic E-state index is 11.8. The van der Waals surface area contributed by atoms with Crippen LogP contribution in [0, 0.1) is 0 Å². The van der Waals surface area contributed by atoms with E-state index in [9.17, 15) is 9.59 Å². The molecule has 2 aromatic rings. The molecule has 0 unspecified atom stereocenters. The van der Waals surface area contributed by atoms with Crippen molar-refractivity contribution in [3.05, 3.63) is 34.5 Å². The van der Waals surface area contributed by atoms with Gasteiger partial charge >= 0.3 is 0 Å². The number of rotatable bonds is 3. The summed E-state index contributed by atoms with van der Waals surface area (Å²) in [5.74, 6) is -0.368. The van der Waals surface area contributed by atoms with Crippen molar-refractivity contribution in [1.82, 2.24) is 5.32 Å². The highest BCUT2D eigenvalue weighted by molar-refractivity contribution is 7.13. The van der Waals surface area contributed by atoms with Crippen LogP contribution >= 0.6 is 11.3 Å². The number of benzene rings is 1.